The number of fused-ring (bicyclic) bond motifs is 1. The van der Waals surface area contributed by atoms with Crippen LogP contribution in [0.2, 0.25) is 5.02 Å². The summed E-state index contributed by atoms with van der Waals surface area (Å²) in [6.07, 6.45) is 0. The van der Waals surface area contributed by atoms with Crippen LogP contribution in [0, 0.1) is 6.92 Å². The van der Waals surface area contributed by atoms with E-state index in [1.807, 2.05) is 42.5 Å². The van der Waals surface area contributed by atoms with Crippen molar-refractivity contribution < 1.29 is 18.7 Å². The predicted octanol–water partition coefficient (Wildman–Crippen LogP) is 7.41. The van der Waals surface area contributed by atoms with E-state index in [1.165, 1.54) is 0 Å². The first-order chi connectivity index (χ1) is 16.5. The first kappa shape index (κ1) is 22.2. The molecule has 8 heteroatoms. The zero-order valence-corrected chi connectivity index (χ0v) is 19.8. The van der Waals surface area contributed by atoms with Crippen LogP contribution in [-0.4, -0.2) is 14.9 Å². The maximum absolute atomic E-state index is 11.1. The molecule has 0 saturated carbocycles. The first-order valence-electron chi connectivity index (χ1n) is 10.5. The molecule has 34 heavy (non-hydrogen) atoms. The van der Waals surface area contributed by atoms with E-state index < -0.39 is 8.25 Å². The van der Waals surface area contributed by atoms with Gasteiger partial charge in [0.2, 0.25) is 0 Å². The number of hydrogen-bond acceptors (Lipinski definition) is 4. The van der Waals surface area contributed by atoms with Crippen molar-refractivity contribution in [2.75, 3.05) is 0 Å². The predicted molar refractivity (Wildman–Crippen MR) is 135 cm³/mol. The minimum absolute atomic E-state index is 0.272. The number of benzene rings is 4. The summed E-state index contributed by atoms with van der Waals surface area (Å²) in [6, 6.07) is 27.4. The molecular formula is C26H20ClN2O4P. The third kappa shape index (κ3) is 4.70. The van der Waals surface area contributed by atoms with Crippen LogP contribution in [0.5, 0.6) is 17.5 Å². The Kier molecular flexibility index (Phi) is 6.12. The quantitative estimate of drug-likeness (QED) is 0.242. The van der Waals surface area contributed by atoms with Gasteiger partial charge in [-0.2, -0.15) is 4.98 Å². The van der Waals surface area contributed by atoms with Crippen molar-refractivity contribution in [1.29, 1.82) is 0 Å². The molecule has 5 rings (SSSR count). The lowest BCUT2D eigenvalue weighted by Gasteiger charge is -2.08. The molecule has 0 amide bonds. The normalized spacial score (nSPS) is 12.0. The summed E-state index contributed by atoms with van der Waals surface area (Å²) in [6.45, 7) is 1.78. The number of H-pyrrole nitrogens is 1. The van der Waals surface area contributed by atoms with Gasteiger partial charge in [-0.25, -0.2) is 4.57 Å². The molecule has 0 aliphatic carbocycles. The highest BCUT2D eigenvalue weighted by Gasteiger charge is 2.12. The van der Waals surface area contributed by atoms with Crippen LogP contribution in [0.3, 0.4) is 0 Å². The summed E-state index contributed by atoms with van der Waals surface area (Å²) < 4.78 is 21.9. The largest absolute Gasteiger partial charge is 0.426 e. The van der Waals surface area contributed by atoms with Gasteiger partial charge in [0.1, 0.15) is 11.5 Å². The van der Waals surface area contributed by atoms with E-state index in [2.05, 4.69) is 34.2 Å². The second-order valence-corrected chi connectivity index (χ2v) is 8.88. The van der Waals surface area contributed by atoms with Crippen LogP contribution >= 0.6 is 19.9 Å². The van der Waals surface area contributed by atoms with Crippen LogP contribution in [0.1, 0.15) is 5.56 Å². The maximum atomic E-state index is 11.1. The molecule has 0 aliphatic rings. The Morgan fingerprint density at radius 1 is 0.912 bits per heavy atom. The number of aromatic nitrogens is 2. The Bertz CT molecular complexity index is 1500. The van der Waals surface area contributed by atoms with Gasteiger partial charge in [-0.1, -0.05) is 72.3 Å². The van der Waals surface area contributed by atoms with Gasteiger partial charge in [0.05, 0.1) is 16.1 Å². The second kappa shape index (κ2) is 9.35. The Labute approximate surface area is 201 Å². The summed E-state index contributed by atoms with van der Waals surface area (Å²) in [4.78, 5) is 16.7. The topological polar surface area (TPSA) is 84.4 Å². The van der Waals surface area contributed by atoms with Gasteiger partial charge in [0.25, 0.3) is 6.01 Å². The van der Waals surface area contributed by atoms with Crippen molar-refractivity contribution in [3.05, 3.63) is 95.5 Å². The van der Waals surface area contributed by atoms with Gasteiger partial charge in [-0.15, -0.1) is 0 Å². The summed E-state index contributed by atoms with van der Waals surface area (Å²) in [7, 11) is -3.12. The molecule has 4 aromatic carbocycles. The summed E-state index contributed by atoms with van der Waals surface area (Å²) in [5.41, 5.74) is 6.28. The number of hydrogen-bond donors (Lipinski definition) is 2. The van der Waals surface area contributed by atoms with Crippen LogP contribution in [-0.2, 0) is 4.57 Å². The van der Waals surface area contributed by atoms with E-state index in [9.17, 15) is 4.57 Å². The smallest absolute Gasteiger partial charge is 0.365 e. The number of nitrogens with zero attached hydrogens (tertiary/aromatic N) is 1. The van der Waals surface area contributed by atoms with Crippen molar-refractivity contribution in [2.24, 2.45) is 0 Å². The molecule has 5 aromatic rings. The van der Waals surface area contributed by atoms with E-state index in [1.54, 1.807) is 25.1 Å². The molecule has 0 radical (unpaired) electrons. The van der Waals surface area contributed by atoms with Gasteiger partial charge < -0.3 is 19.1 Å². The van der Waals surface area contributed by atoms with Gasteiger partial charge in [0, 0.05) is 11.6 Å². The number of aryl methyl sites for hydroxylation is 1. The standard InChI is InChI=1S/C26H20ClN2O4P/c1-16-7-12-20(13-25(16)33-34(30)31)32-26-28-23-14-21(22(27)15-24(23)29-26)19-10-8-18(9-11-19)17-5-3-2-4-6-17/h2-15,34H,1H3,(H,28,29)(H,30,31). The molecule has 1 atom stereocenters. The molecule has 0 bridgehead atoms. The van der Waals surface area contributed by atoms with Crippen molar-refractivity contribution in [2.45, 2.75) is 6.92 Å². The average molecular weight is 491 g/mol. The summed E-state index contributed by atoms with van der Waals surface area (Å²) in [5, 5.41) is 0.592. The molecule has 2 N–H and O–H groups in total. The minimum Gasteiger partial charge on any atom is -0.426 e. The summed E-state index contributed by atoms with van der Waals surface area (Å²) in [5.74, 6) is 0.704. The molecule has 6 nitrogen and oxygen atoms in total. The minimum atomic E-state index is -3.12. The van der Waals surface area contributed by atoms with Crippen LogP contribution in [0.25, 0.3) is 33.3 Å². The van der Waals surface area contributed by atoms with Crippen LogP contribution in [0.15, 0.2) is 84.9 Å². The third-order valence-electron chi connectivity index (χ3n) is 5.42. The number of imidazole rings is 1. The number of nitrogens with one attached hydrogen (secondary N) is 1. The van der Waals surface area contributed by atoms with Crippen molar-refractivity contribution in [3.63, 3.8) is 0 Å². The van der Waals surface area contributed by atoms with Crippen molar-refractivity contribution >= 4 is 30.9 Å². The molecule has 1 aromatic heterocycles. The van der Waals surface area contributed by atoms with E-state index in [0.717, 1.165) is 33.3 Å². The lowest BCUT2D eigenvalue weighted by atomic mass is 10.00. The second-order valence-electron chi connectivity index (χ2n) is 7.73. The number of aromatic amines is 1. The van der Waals surface area contributed by atoms with E-state index >= 15 is 0 Å². The Morgan fingerprint density at radius 2 is 1.62 bits per heavy atom. The first-order valence-corrected chi connectivity index (χ1v) is 12.1. The van der Waals surface area contributed by atoms with Crippen LogP contribution in [0.4, 0.5) is 0 Å². The number of rotatable bonds is 6. The fraction of sp³-hybridized carbons (Fsp3) is 0.0385. The Hall–Kier alpha value is -3.57. The molecular weight excluding hydrogens is 471 g/mol. The molecule has 0 spiro atoms. The highest BCUT2D eigenvalue weighted by atomic mass is 35.5. The molecule has 0 fully saturated rings. The zero-order chi connectivity index (χ0) is 23.7. The average Bonchev–Trinajstić information content (AvgIpc) is 3.22. The zero-order valence-electron chi connectivity index (χ0n) is 18.1. The molecule has 1 unspecified atom stereocenters. The SMILES string of the molecule is Cc1ccc(Oc2nc3cc(-c4ccc(-c5ccccc5)cc4)c(Cl)cc3[nH]2)cc1O[PH](=O)O. The fourth-order valence-electron chi connectivity index (χ4n) is 3.71. The third-order valence-corrected chi connectivity index (χ3v) is 6.13. The Balaban J connectivity index is 1.43. The lowest BCUT2D eigenvalue weighted by Crippen LogP contribution is -1.89. The molecule has 0 saturated heterocycles. The molecule has 170 valence electrons. The van der Waals surface area contributed by atoms with E-state index in [0.29, 0.717) is 16.3 Å². The maximum Gasteiger partial charge on any atom is 0.365 e. The molecule has 0 aliphatic heterocycles. The highest BCUT2D eigenvalue weighted by Crippen LogP contribution is 2.35. The van der Waals surface area contributed by atoms with Gasteiger partial charge in [0.15, 0.2) is 0 Å². The van der Waals surface area contributed by atoms with Crippen LogP contribution < -0.4 is 9.26 Å². The summed E-state index contributed by atoms with van der Waals surface area (Å²) >= 11 is 6.60. The van der Waals surface area contributed by atoms with Crippen molar-refractivity contribution in [1.82, 2.24) is 9.97 Å². The van der Waals surface area contributed by atoms with E-state index in [-0.39, 0.29) is 11.8 Å². The molecule has 1 heterocycles. The van der Waals surface area contributed by atoms with Gasteiger partial charge >= 0.3 is 8.25 Å². The van der Waals surface area contributed by atoms with Gasteiger partial charge in [-0.05, 0) is 47.4 Å². The lowest BCUT2D eigenvalue weighted by molar-refractivity contribution is 0.406. The number of halogens is 1. The fourth-order valence-corrected chi connectivity index (χ4v) is 4.39. The Morgan fingerprint density at radius 3 is 2.35 bits per heavy atom. The highest BCUT2D eigenvalue weighted by molar-refractivity contribution is 7.32. The monoisotopic (exact) mass is 490 g/mol. The van der Waals surface area contributed by atoms with Crippen molar-refractivity contribution in [3.8, 4) is 39.8 Å². The number of ether oxygens (including phenoxy) is 1. The van der Waals surface area contributed by atoms with E-state index in [4.69, 9.17) is 25.8 Å². The van der Waals surface area contributed by atoms with Gasteiger partial charge in [-0.3, -0.25) is 0 Å².